The molecular weight excluding hydrogens is 240 g/mol. The maximum atomic E-state index is 6.22. The van der Waals surface area contributed by atoms with Crippen LogP contribution in [0.2, 0.25) is 5.02 Å². The van der Waals surface area contributed by atoms with Gasteiger partial charge in [0.1, 0.15) is 5.75 Å². The number of methoxy groups -OCH3 is 1. The molecule has 0 spiro atoms. The molecule has 0 saturated heterocycles. The van der Waals surface area contributed by atoms with Crippen molar-refractivity contribution in [3.63, 3.8) is 0 Å². The Bertz CT molecular complexity index is 564. The summed E-state index contributed by atoms with van der Waals surface area (Å²) in [5.74, 6) is 0.942. The summed E-state index contributed by atoms with van der Waals surface area (Å²) in [4.78, 5) is 0. The van der Waals surface area contributed by atoms with E-state index < -0.39 is 0 Å². The molecule has 0 amide bonds. The molecular formula is C12H13ClN2O2. The smallest absolute Gasteiger partial charge is 0.229 e. The molecule has 2 N–H and O–H groups in total. The lowest BCUT2D eigenvalue weighted by atomic mass is 9.97. The van der Waals surface area contributed by atoms with Crippen molar-refractivity contribution < 1.29 is 9.26 Å². The predicted molar refractivity (Wildman–Crippen MR) is 67.4 cm³/mol. The summed E-state index contributed by atoms with van der Waals surface area (Å²) in [6.07, 6.45) is 1.59. The molecule has 0 radical (unpaired) electrons. The van der Waals surface area contributed by atoms with Crippen molar-refractivity contribution in [1.29, 1.82) is 0 Å². The fraction of sp³-hybridized carbons (Fsp3) is 0.250. The lowest BCUT2D eigenvalue weighted by Crippen LogP contribution is -1.95. The third-order valence-corrected chi connectivity index (χ3v) is 3.22. The first-order valence-corrected chi connectivity index (χ1v) is 5.48. The van der Waals surface area contributed by atoms with Gasteiger partial charge in [-0.05, 0) is 36.6 Å². The summed E-state index contributed by atoms with van der Waals surface area (Å²) in [5.41, 5.74) is 9.34. The van der Waals surface area contributed by atoms with Crippen molar-refractivity contribution in [2.75, 3.05) is 12.8 Å². The normalized spacial score (nSPS) is 10.6. The molecule has 2 aromatic rings. The molecule has 0 unspecified atom stereocenters. The number of hydrogen-bond donors (Lipinski definition) is 1. The van der Waals surface area contributed by atoms with E-state index in [1.165, 1.54) is 0 Å². The second kappa shape index (κ2) is 4.30. The van der Waals surface area contributed by atoms with Gasteiger partial charge in [-0.1, -0.05) is 16.8 Å². The Kier molecular flexibility index (Phi) is 2.98. The van der Waals surface area contributed by atoms with E-state index >= 15 is 0 Å². The van der Waals surface area contributed by atoms with E-state index in [0.717, 1.165) is 22.3 Å². The molecule has 0 bridgehead atoms. The molecule has 4 nitrogen and oxygen atoms in total. The molecule has 1 aromatic carbocycles. The third kappa shape index (κ3) is 1.85. The highest BCUT2D eigenvalue weighted by Crippen LogP contribution is 2.39. The van der Waals surface area contributed by atoms with Gasteiger partial charge in [0.25, 0.3) is 0 Å². The molecule has 0 saturated carbocycles. The Morgan fingerprint density at radius 2 is 2.12 bits per heavy atom. The SMILES string of the molecule is COc1cc(C)c(-c2cnoc2N)c(C)c1Cl. The molecule has 0 aliphatic carbocycles. The van der Waals surface area contributed by atoms with Crippen molar-refractivity contribution >= 4 is 17.5 Å². The molecule has 0 atom stereocenters. The zero-order valence-electron chi connectivity index (χ0n) is 9.87. The topological polar surface area (TPSA) is 61.3 Å². The zero-order chi connectivity index (χ0) is 12.6. The Morgan fingerprint density at radius 1 is 1.41 bits per heavy atom. The second-order valence-electron chi connectivity index (χ2n) is 3.81. The second-order valence-corrected chi connectivity index (χ2v) is 4.19. The summed E-state index contributed by atoms with van der Waals surface area (Å²) in [6, 6.07) is 1.87. The minimum absolute atomic E-state index is 0.289. The van der Waals surface area contributed by atoms with E-state index in [0.29, 0.717) is 10.8 Å². The van der Waals surface area contributed by atoms with Gasteiger partial charge >= 0.3 is 0 Å². The van der Waals surface area contributed by atoms with E-state index in [-0.39, 0.29) is 5.88 Å². The van der Waals surface area contributed by atoms with Gasteiger partial charge in [-0.2, -0.15) is 0 Å². The van der Waals surface area contributed by atoms with Crippen LogP contribution in [0, 0.1) is 13.8 Å². The molecule has 0 fully saturated rings. The molecule has 1 heterocycles. The van der Waals surface area contributed by atoms with E-state index in [9.17, 15) is 0 Å². The quantitative estimate of drug-likeness (QED) is 0.892. The lowest BCUT2D eigenvalue weighted by molar-refractivity contribution is 0.414. The van der Waals surface area contributed by atoms with Gasteiger partial charge in [0.05, 0.1) is 23.9 Å². The maximum Gasteiger partial charge on any atom is 0.229 e. The van der Waals surface area contributed by atoms with Crippen LogP contribution in [0.15, 0.2) is 16.8 Å². The number of nitrogen functional groups attached to an aromatic ring is 1. The monoisotopic (exact) mass is 252 g/mol. The summed E-state index contributed by atoms with van der Waals surface area (Å²) in [5, 5.41) is 4.26. The van der Waals surface area contributed by atoms with Crippen molar-refractivity contribution in [3.05, 3.63) is 28.4 Å². The number of hydrogen-bond acceptors (Lipinski definition) is 4. The van der Waals surface area contributed by atoms with Crippen molar-refractivity contribution in [3.8, 4) is 16.9 Å². The zero-order valence-corrected chi connectivity index (χ0v) is 10.6. The Morgan fingerprint density at radius 3 is 2.65 bits per heavy atom. The molecule has 17 heavy (non-hydrogen) atoms. The minimum Gasteiger partial charge on any atom is -0.495 e. The van der Waals surface area contributed by atoms with E-state index in [4.69, 9.17) is 26.6 Å². The average molecular weight is 253 g/mol. The lowest BCUT2D eigenvalue weighted by Gasteiger charge is -2.13. The molecule has 90 valence electrons. The van der Waals surface area contributed by atoms with E-state index in [2.05, 4.69) is 5.16 Å². The van der Waals surface area contributed by atoms with Gasteiger partial charge in [-0.3, -0.25) is 0 Å². The highest BCUT2D eigenvalue weighted by atomic mass is 35.5. The number of nitrogens with zero attached hydrogens (tertiary/aromatic N) is 1. The summed E-state index contributed by atoms with van der Waals surface area (Å²) in [7, 11) is 1.59. The first-order valence-electron chi connectivity index (χ1n) is 5.10. The minimum atomic E-state index is 0.289. The Balaban J connectivity index is 2.72. The van der Waals surface area contributed by atoms with Gasteiger partial charge in [0.2, 0.25) is 5.88 Å². The number of ether oxygens (including phenoxy) is 1. The van der Waals surface area contributed by atoms with Crippen LogP contribution in [-0.4, -0.2) is 12.3 Å². The third-order valence-electron chi connectivity index (χ3n) is 2.75. The Labute approximate surface area is 104 Å². The summed E-state index contributed by atoms with van der Waals surface area (Å²) < 4.78 is 10.1. The van der Waals surface area contributed by atoms with Crippen LogP contribution in [0.4, 0.5) is 5.88 Å². The van der Waals surface area contributed by atoms with Crippen LogP contribution in [0.3, 0.4) is 0 Å². The summed E-state index contributed by atoms with van der Waals surface area (Å²) in [6.45, 7) is 3.88. The number of rotatable bonds is 2. The van der Waals surface area contributed by atoms with Crippen LogP contribution in [-0.2, 0) is 0 Å². The molecule has 0 aliphatic rings. The largest absolute Gasteiger partial charge is 0.495 e. The average Bonchev–Trinajstić information content (AvgIpc) is 2.70. The summed E-state index contributed by atoms with van der Waals surface area (Å²) >= 11 is 6.22. The molecule has 5 heteroatoms. The van der Waals surface area contributed by atoms with Gasteiger partial charge in [0.15, 0.2) is 0 Å². The van der Waals surface area contributed by atoms with E-state index in [1.54, 1.807) is 13.3 Å². The maximum absolute atomic E-state index is 6.22. The Hall–Kier alpha value is -1.68. The molecule has 2 rings (SSSR count). The number of halogens is 1. The highest BCUT2D eigenvalue weighted by Gasteiger charge is 2.17. The molecule has 1 aromatic heterocycles. The van der Waals surface area contributed by atoms with Crippen LogP contribution < -0.4 is 10.5 Å². The highest BCUT2D eigenvalue weighted by molar-refractivity contribution is 6.33. The fourth-order valence-electron chi connectivity index (χ4n) is 1.92. The van der Waals surface area contributed by atoms with Gasteiger partial charge < -0.3 is 15.0 Å². The fourth-order valence-corrected chi connectivity index (χ4v) is 2.15. The number of aryl methyl sites for hydroxylation is 1. The van der Waals surface area contributed by atoms with Crippen LogP contribution in [0.1, 0.15) is 11.1 Å². The van der Waals surface area contributed by atoms with Crippen molar-refractivity contribution in [2.45, 2.75) is 13.8 Å². The van der Waals surface area contributed by atoms with Crippen LogP contribution in [0.25, 0.3) is 11.1 Å². The number of aromatic nitrogens is 1. The standard InChI is InChI=1S/C12H13ClN2O2/c1-6-4-9(16-3)11(13)7(2)10(6)8-5-15-17-12(8)14/h4-5H,14H2,1-3H3. The molecule has 0 aliphatic heterocycles. The van der Waals surface area contributed by atoms with Gasteiger partial charge in [0, 0.05) is 0 Å². The van der Waals surface area contributed by atoms with E-state index in [1.807, 2.05) is 19.9 Å². The number of anilines is 1. The van der Waals surface area contributed by atoms with Crippen LogP contribution >= 0.6 is 11.6 Å². The van der Waals surface area contributed by atoms with Crippen molar-refractivity contribution in [2.24, 2.45) is 0 Å². The van der Waals surface area contributed by atoms with Crippen molar-refractivity contribution in [1.82, 2.24) is 5.16 Å². The predicted octanol–water partition coefficient (Wildman–Crippen LogP) is 3.20. The van der Waals surface area contributed by atoms with Gasteiger partial charge in [-0.25, -0.2) is 0 Å². The number of benzene rings is 1. The first kappa shape index (κ1) is 11.8. The number of nitrogens with two attached hydrogens (primary N) is 1. The first-order chi connectivity index (χ1) is 8.06. The van der Waals surface area contributed by atoms with Gasteiger partial charge in [-0.15, -0.1) is 0 Å². The van der Waals surface area contributed by atoms with Crippen LogP contribution in [0.5, 0.6) is 5.75 Å².